The van der Waals surface area contributed by atoms with Crippen molar-refractivity contribution in [1.82, 2.24) is 0 Å². The number of methoxy groups -OCH3 is 2. The molecule has 0 fully saturated rings. The van der Waals surface area contributed by atoms with E-state index in [9.17, 15) is 22.7 Å². The van der Waals surface area contributed by atoms with Crippen molar-refractivity contribution in [2.45, 2.75) is 51.4 Å². The quantitative estimate of drug-likeness (QED) is 0.254. The highest BCUT2D eigenvalue weighted by atomic mass is 19.5. The first-order valence-corrected chi connectivity index (χ1v) is 9.95. The van der Waals surface area contributed by atoms with E-state index >= 15 is 0 Å². The molecule has 0 heterocycles. The normalized spacial score (nSPS) is 14.9. The zero-order valence-electron chi connectivity index (χ0n) is 18.8. The van der Waals surface area contributed by atoms with E-state index in [0.29, 0.717) is 11.4 Å². The summed E-state index contributed by atoms with van der Waals surface area (Å²) in [7, 11) is -2.74. The molecule has 2 atom stereocenters. The Kier molecular flexibility index (Phi) is 8.91. The molecule has 0 aliphatic rings. The second kappa shape index (κ2) is 10.5. The Morgan fingerprint density at radius 3 is 1.68 bits per heavy atom. The first kappa shape index (κ1) is 26.3. The molecule has 0 saturated carbocycles. The zero-order chi connectivity index (χ0) is 23.9. The molecule has 0 aliphatic heterocycles. The van der Waals surface area contributed by atoms with Crippen LogP contribution in [0.2, 0.25) is 0 Å². The van der Waals surface area contributed by atoms with Gasteiger partial charge in [-0.1, -0.05) is 45.9 Å². The van der Waals surface area contributed by atoms with Gasteiger partial charge in [0.1, 0.15) is 5.75 Å². The molecule has 0 saturated heterocycles. The van der Waals surface area contributed by atoms with Gasteiger partial charge in [-0.05, 0) is 42.2 Å². The molecule has 0 aromatic heterocycles. The summed E-state index contributed by atoms with van der Waals surface area (Å²) in [4.78, 5) is 3.41. The third kappa shape index (κ3) is 6.12. The van der Waals surface area contributed by atoms with Crippen molar-refractivity contribution in [1.29, 1.82) is 5.39 Å². The Morgan fingerprint density at radius 1 is 0.839 bits per heavy atom. The molecule has 31 heavy (non-hydrogen) atoms. The molecule has 0 unspecified atom stereocenters. The van der Waals surface area contributed by atoms with Crippen LogP contribution in [0.15, 0.2) is 42.5 Å². The van der Waals surface area contributed by atoms with Crippen LogP contribution in [0.4, 0.5) is 23.0 Å². The zero-order valence-corrected chi connectivity index (χ0v) is 18.8. The second-order valence-electron chi connectivity index (χ2n) is 7.58. The average molecular weight is 440 g/mol. The van der Waals surface area contributed by atoms with E-state index in [4.69, 9.17) is 9.47 Å². The summed E-state index contributed by atoms with van der Waals surface area (Å²) < 4.78 is 49.6. The van der Waals surface area contributed by atoms with Crippen molar-refractivity contribution in [2.24, 2.45) is 0 Å². The Morgan fingerprint density at radius 2 is 1.29 bits per heavy atom. The van der Waals surface area contributed by atoms with Gasteiger partial charge in [0.05, 0.1) is 14.2 Å². The Bertz CT molecular complexity index is 894. The molecule has 0 N–H and O–H groups in total. The molecule has 2 rings (SSSR count). The van der Waals surface area contributed by atoms with E-state index < -0.39 is 7.25 Å². The topological polar surface area (TPSA) is 46.6 Å². The summed E-state index contributed by atoms with van der Waals surface area (Å²) in [6.07, 6.45) is 1.92. The summed E-state index contributed by atoms with van der Waals surface area (Å²) in [6, 6.07) is 14.2. The van der Waals surface area contributed by atoms with Crippen LogP contribution in [0.5, 0.6) is 11.5 Å². The highest BCUT2D eigenvalue weighted by Crippen LogP contribution is 2.50. The first-order valence-electron chi connectivity index (χ1n) is 9.95. The number of benzene rings is 2. The summed E-state index contributed by atoms with van der Waals surface area (Å²) in [5, 5.41) is 9.38. The maximum atomic E-state index is 9.75. The minimum atomic E-state index is -6.00. The van der Waals surface area contributed by atoms with Gasteiger partial charge in [0.25, 0.3) is 0 Å². The molecule has 4 nitrogen and oxygen atoms in total. The molecular formula is C22H29BF4N2O2. The number of halogens is 4. The Hall–Kier alpha value is -2.76. The van der Waals surface area contributed by atoms with E-state index in [1.54, 1.807) is 14.2 Å². The van der Waals surface area contributed by atoms with Crippen molar-refractivity contribution >= 4 is 12.9 Å². The van der Waals surface area contributed by atoms with Crippen molar-refractivity contribution in [3.8, 4) is 11.5 Å². The van der Waals surface area contributed by atoms with Crippen molar-refractivity contribution < 1.29 is 26.7 Å². The molecule has 0 bridgehead atoms. The van der Waals surface area contributed by atoms with E-state index in [-0.39, 0.29) is 10.8 Å². The van der Waals surface area contributed by atoms with Crippen molar-refractivity contribution in [2.75, 3.05) is 14.2 Å². The number of ether oxygens (including phenoxy) is 2. The van der Waals surface area contributed by atoms with Gasteiger partial charge in [-0.2, -0.15) is 0 Å². The van der Waals surface area contributed by atoms with Crippen LogP contribution >= 0.6 is 0 Å². The summed E-state index contributed by atoms with van der Waals surface area (Å²) in [5.41, 5.74) is 2.60. The lowest BCUT2D eigenvalue weighted by Gasteiger charge is -2.47. The van der Waals surface area contributed by atoms with Gasteiger partial charge in [-0.25, -0.2) is 0 Å². The fourth-order valence-corrected chi connectivity index (χ4v) is 3.90. The second-order valence-corrected chi connectivity index (χ2v) is 7.58. The molecule has 9 heteroatoms. The lowest BCUT2D eigenvalue weighted by atomic mass is 9.56. The van der Waals surface area contributed by atoms with Crippen LogP contribution in [0.3, 0.4) is 0 Å². The Balaban J connectivity index is 0.000000861. The van der Waals surface area contributed by atoms with Gasteiger partial charge in [-0.3, -0.25) is 0 Å². The fourth-order valence-electron chi connectivity index (χ4n) is 3.90. The fraction of sp³-hybridized carbons (Fsp3) is 0.455. The van der Waals surface area contributed by atoms with Crippen molar-refractivity contribution in [3.63, 3.8) is 0 Å². The van der Waals surface area contributed by atoms with E-state index in [2.05, 4.69) is 50.9 Å². The Labute approximate surface area is 181 Å². The largest absolute Gasteiger partial charge is 0.673 e. The van der Waals surface area contributed by atoms with Gasteiger partial charge in [0.2, 0.25) is 11.1 Å². The summed E-state index contributed by atoms with van der Waals surface area (Å²) >= 11 is 0. The van der Waals surface area contributed by atoms with E-state index in [1.807, 2.05) is 24.3 Å². The molecule has 170 valence electrons. The van der Waals surface area contributed by atoms with Gasteiger partial charge in [0.15, 0.2) is 4.98 Å². The molecule has 2 aromatic carbocycles. The highest BCUT2D eigenvalue weighted by molar-refractivity contribution is 6.50. The van der Waals surface area contributed by atoms with Gasteiger partial charge in [0, 0.05) is 16.9 Å². The maximum absolute atomic E-state index is 9.75. The van der Waals surface area contributed by atoms with E-state index in [0.717, 1.165) is 24.2 Å². The highest BCUT2D eigenvalue weighted by Gasteiger charge is 2.45. The van der Waals surface area contributed by atoms with Crippen LogP contribution in [-0.2, 0) is 10.8 Å². The molecule has 0 radical (unpaired) electrons. The maximum Gasteiger partial charge on any atom is 0.673 e. The standard InChI is InChI=1S/C22H29N2O2.BF4/c1-7-21(3,16-9-12-18(25-5)13-10-16)22(4,8-2)17-11-14-20(26-6)19(15-17)24-23;2-1(3,4)5/h9-15H,7-8H2,1-6H3;/q+1;-1/t21-,22+;/m1./s1. The summed E-state index contributed by atoms with van der Waals surface area (Å²) in [5.74, 6) is 1.42. The molecule has 2 aromatic rings. The monoisotopic (exact) mass is 440 g/mol. The summed E-state index contributed by atoms with van der Waals surface area (Å²) in [6.45, 7) is 9.01. The number of hydrogen-bond donors (Lipinski definition) is 0. The predicted octanol–water partition coefficient (Wildman–Crippen LogP) is 7.52. The number of hydrogen-bond acceptors (Lipinski definition) is 3. The SMILES string of the molecule is CC[C@@](C)(c1ccc(OC)c([N+]#N)c1)[C@](C)(CC)c1ccc(OC)cc1.F[B-](F)(F)F. The average Bonchev–Trinajstić information content (AvgIpc) is 2.76. The number of rotatable bonds is 7. The van der Waals surface area contributed by atoms with Crippen LogP contribution in [0, 0.1) is 5.39 Å². The molecule has 0 spiro atoms. The third-order valence-electron chi connectivity index (χ3n) is 6.28. The van der Waals surface area contributed by atoms with Crippen molar-refractivity contribution in [3.05, 3.63) is 58.6 Å². The van der Waals surface area contributed by atoms with Crippen LogP contribution < -0.4 is 9.47 Å². The van der Waals surface area contributed by atoms with Crippen LogP contribution in [0.25, 0.3) is 4.98 Å². The predicted molar refractivity (Wildman–Crippen MR) is 116 cm³/mol. The van der Waals surface area contributed by atoms with Gasteiger partial charge < -0.3 is 26.7 Å². The van der Waals surface area contributed by atoms with Crippen LogP contribution in [-0.4, -0.2) is 21.5 Å². The smallest absolute Gasteiger partial charge is 0.497 e. The van der Waals surface area contributed by atoms with Crippen LogP contribution in [0.1, 0.15) is 51.7 Å². The minimum Gasteiger partial charge on any atom is -0.497 e. The van der Waals surface area contributed by atoms with E-state index in [1.165, 1.54) is 5.56 Å². The minimum absolute atomic E-state index is 0.102. The third-order valence-corrected chi connectivity index (χ3v) is 6.28. The lowest BCUT2D eigenvalue weighted by molar-refractivity contribution is 0.234. The lowest BCUT2D eigenvalue weighted by Crippen LogP contribution is -2.44. The van der Waals surface area contributed by atoms with Gasteiger partial charge >= 0.3 is 12.9 Å². The molecular weight excluding hydrogens is 411 g/mol. The number of diazo groups is 1. The first-order chi connectivity index (χ1) is 14.4. The van der Waals surface area contributed by atoms with Gasteiger partial charge in [-0.15, -0.1) is 0 Å². The number of nitrogens with zero attached hydrogens (tertiary/aromatic N) is 2. The molecule has 0 amide bonds. The molecule has 0 aliphatic carbocycles.